The van der Waals surface area contributed by atoms with E-state index in [1.807, 2.05) is 6.07 Å². The van der Waals surface area contributed by atoms with Gasteiger partial charge in [-0.15, -0.1) is 0 Å². The topological polar surface area (TPSA) is 46.5 Å². The van der Waals surface area contributed by atoms with E-state index in [9.17, 15) is 4.79 Å². The molecule has 0 aromatic heterocycles. The van der Waals surface area contributed by atoms with Gasteiger partial charge in [-0.3, -0.25) is 4.79 Å². The highest BCUT2D eigenvalue weighted by molar-refractivity contribution is 9.10. The molecule has 14 heavy (non-hydrogen) atoms. The van der Waals surface area contributed by atoms with Crippen LogP contribution in [0.5, 0.6) is 5.75 Å². The first kappa shape index (κ1) is 9.52. The van der Waals surface area contributed by atoms with Gasteiger partial charge in [0.15, 0.2) is 0 Å². The molecule has 0 bridgehead atoms. The number of hydrogen-bond donors (Lipinski definition) is 1. The van der Waals surface area contributed by atoms with Gasteiger partial charge >= 0.3 is 5.97 Å². The van der Waals surface area contributed by atoms with Crippen LogP contribution in [-0.2, 0) is 10.2 Å². The third kappa shape index (κ3) is 1.21. The van der Waals surface area contributed by atoms with E-state index in [1.165, 1.54) is 0 Å². The first-order valence-electron chi connectivity index (χ1n) is 4.20. The van der Waals surface area contributed by atoms with Gasteiger partial charge in [-0.25, -0.2) is 0 Å². The second-order valence-corrected chi connectivity index (χ2v) is 4.48. The summed E-state index contributed by atoms with van der Waals surface area (Å²) in [7, 11) is 0. The van der Waals surface area contributed by atoms with Gasteiger partial charge in [0, 0.05) is 10.0 Å². The van der Waals surface area contributed by atoms with Crippen molar-refractivity contribution in [1.29, 1.82) is 0 Å². The third-order valence-corrected chi connectivity index (χ3v) is 3.02. The largest absolute Gasteiger partial charge is 0.492 e. The quantitative estimate of drug-likeness (QED) is 0.838. The number of rotatable bonds is 1. The van der Waals surface area contributed by atoms with Crippen molar-refractivity contribution in [1.82, 2.24) is 0 Å². The van der Waals surface area contributed by atoms with Crippen LogP contribution in [-0.4, -0.2) is 17.7 Å². The fraction of sp³-hybridized carbons (Fsp3) is 0.300. The summed E-state index contributed by atoms with van der Waals surface area (Å²) < 4.78 is 6.20. The Morgan fingerprint density at radius 3 is 3.00 bits per heavy atom. The summed E-state index contributed by atoms with van der Waals surface area (Å²) in [5, 5.41) is 9.11. The van der Waals surface area contributed by atoms with Crippen LogP contribution in [0.3, 0.4) is 0 Å². The number of carboxylic acids is 1. The lowest BCUT2D eigenvalue weighted by Gasteiger charge is -2.16. The molecule has 3 nitrogen and oxygen atoms in total. The SMILES string of the molecule is CC1(C(=O)O)COc2ccc(Br)cc21. The van der Waals surface area contributed by atoms with Gasteiger partial charge in [0.2, 0.25) is 0 Å². The van der Waals surface area contributed by atoms with E-state index in [2.05, 4.69) is 15.9 Å². The molecule has 0 amide bonds. The van der Waals surface area contributed by atoms with E-state index in [0.717, 1.165) is 10.0 Å². The van der Waals surface area contributed by atoms with Gasteiger partial charge in [-0.05, 0) is 25.1 Å². The number of halogens is 1. The molecule has 0 saturated heterocycles. The number of carbonyl (C=O) groups is 1. The summed E-state index contributed by atoms with van der Waals surface area (Å²) in [6, 6.07) is 5.43. The molecule has 1 aromatic rings. The number of carboxylic acid groups (broad SMARTS) is 1. The second kappa shape index (κ2) is 2.98. The highest BCUT2D eigenvalue weighted by atomic mass is 79.9. The Balaban J connectivity index is 2.58. The van der Waals surface area contributed by atoms with Gasteiger partial charge in [0.1, 0.15) is 17.8 Å². The molecular weight excluding hydrogens is 248 g/mol. The first-order chi connectivity index (χ1) is 6.54. The molecule has 0 saturated carbocycles. The van der Waals surface area contributed by atoms with Crippen LogP contribution in [0.1, 0.15) is 12.5 Å². The average molecular weight is 257 g/mol. The molecule has 1 heterocycles. The smallest absolute Gasteiger partial charge is 0.317 e. The van der Waals surface area contributed by atoms with Gasteiger partial charge in [-0.1, -0.05) is 15.9 Å². The zero-order valence-electron chi connectivity index (χ0n) is 7.58. The Kier molecular flexibility index (Phi) is 2.03. The standard InChI is InChI=1S/C10H9BrO3/c1-10(9(12)13)5-14-8-3-2-6(11)4-7(8)10/h2-4H,5H2,1H3,(H,12,13). The molecule has 0 spiro atoms. The minimum atomic E-state index is -0.918. The Labute approximate surface area is 89.8 Å². The maximum Gasteiger partial charge on any atom is 0.317 e. The summed E-state index contributed by atoms with van der Waals surface area (Å²) >= 11 is 3.32. The van der Waals surface area contributed by atoms with Crippen LogP contribution in [0.15, 0.2) is 22.7 Å². The van der Waals surface area contributed by atoms with E-state index in [-0.39, 0.29) is 6.61 Å². The molecule has 0 radical (unpaired) electrons. The first-order valence-corrected chi connectivity index (χ1v) is 4.99. The Bertz CT molecular complexity index is 402. The van der Waals surface area contributed by atoms with Crippen molar-refractivity contribution in [2.24, 2.45) is 0 Å². The third-order valence-electron chi connectivity index (χ3n) is 2.52. The summed E-state index contributed by atoms with van der Waals surface area (Å²) in [6.07, 6.45) is 0. The average Bonchev–Trinajstić information content (AvgIpc) is 2.46. The van der Waals surface area contributed by atoms with Gasteiger partial charge in [-0.2, -0.15) is 0 Å². The highest BCUT2D eigenvalue weighted by Gasteiger charge is 2.43. The van der Waals surface area contributed by atoms with Crippen molar-refractivity contribution in [3.05, 3.63) is 28.2 Å². The van der Waals surface area contributed by atoms with Crippen molar-refractivity contribution in [3.8, 4) is 5.75 Å². The molecule has 1 N–H and O–H groups in total. The highest BCUT2D eigenvalue weighted by Crippen LogP contribution is 2.40. The van der Waals surface area contributed by atoms with Crippen molar-refractivity contribution in [2.45, 2.75) is 12.3 Å². The van der Waals surface area contributed by atoms with E-state index in [4.69, 9.17) is 9.84 Å². The van der Waals surface area contributed by atoms with E-state index < -0.39 is 11.4 Å². The summed E-state index contributed by atoms with van der Waals surface area (Å²) in [5.74, 6) is -0.188. The van der Waals surface area contributed by atoms with E-state index in [1.54, 1.807) is 19.1 Å². The second-order valence-electron chi connectivity index (χ2n) is 3.57. The van der Waals surface area contributed by atoms with Gasteiger partial charge < -0.3 is 9.84 Å². The normalized spacial score (nSPS) is 24.1. The zero-order chi connectivity index (χ0) is 10.3. The fourth-order valence-electron chi connectivity index (χ4n) is 1.54. The lowest BCUT2D eigenvalue weighted by molar-refractivity contribution is -0.143. The number of hydrogen-bond acceptors (Lipinski definition) is 2. The van der Waals surface area contributed by atoms with Crippen LogP contribution in [0, 0.1) is 0 Å². The zero-order valence-corrected chi connectivity index (χ0v) is 9.17. The van der Waals surface area contributed by atoms with Crippen molar-refractivity contribution in [2.75, 3.05) is 6.61 Å². The maximum absolute atomic E-state index is 11.1. The van der Waals surface area contributed by atoms with Crippen LogP contribution >= 0.6 is 15.9 Å². The van der Waals surface area contributed by atoms with Crippen LogP contribution in [0.4, 0.5) is 0 Å². The molecule has 2 rings (SSSR count). The molecule has 1 unspecified atom stereocenters. The lowest BCUT2D eigenvalue weighted by atomic mass is 9.85. The van der Waals surface area contributed by atoms with Crippen LogP contribution in [0.25, 0.3) is 0 Å². The Hall–Kier alpha value is -1.03. The van der Waals surface area contributed by atoms with E-state index in [0.29, 0.717) is 5.75 Å². The van der Waals surface area contributed by atoms with E-state index >= 15 is 0 Å². The summed E-state index contributed by atoms with van der Waals surface area (Å²) in [4.78, 5) is 11.1. The molecule has 1 aromatic carbocycles. The predicted molar refractivity (Wildman–Crippen MR) is 54.6 cm³/mol. The predicted octanol–water partition coefficient (Wildman–Crippen LogP) is 2.18. The molecule has 0 fully saturated rings. The number of benzene rings is 1. The molecule has 1 aliphatic heterocycles. The van der Waals surface area contributed by atoms with Crippen molar-refractivity contribution in [3.63, 3.8) is 0 Å². The molecule has 1 aliphatic rings. The minimum Gasteiger partial charge on any atom is -0.492 e. The van der Waals surface area contributed by atoms with Crippen molar-refractivity contribution >= 4 is 21.9 Å². The molecule has 0 aliphatic carbocycles. The lowest BCUT2D eigenvalue weighted by Crippen LogP contribution is -2.33. The summed E-state index contributed by atoms with van der Waals surface area (Å²) in [6.45, 7) is 1.88. The Morgan fingerprint density at radius 2 is 2.36 bits per heavy atom. The minimum absolute atomic E-state index is 0.202. The van der Waals surface area contributed by atoms with Gasteiger partial charge in [0.25, 0.3) is 0 Å². The molecule has 74 valence electrons. The number of ether oxygens (including phenoxy) is 1. The monoisotopic (exact) mass is 256 g/mol. The maximum atomic E-state index is 11.1. The molecule has 1 atom stereocenters. The van der Waals surface area contributed by atoms with Crippen molar-refractivity contribution < 1.29 is 14.6 Å². The fourth-order valence-corrected chi connectivity index (χ4v) is 1.90. The van der Waals surface area contributed by atoms with Crippen LogP contribution < -0.4 is 4.74 Å². The van der Waals surface area contributed by atoms with Crippen LogP contribution in [0.2, 0.25) is 0 Å². The number of fused-ring (bicyclic) bond motifs is 1. The molecular formula is C10H9BrO3. The van der Waals surface area contributed by atoms with Gasteiger partial charge in [0.05, 0.1) is 0 Å². The number of aliphatic carboxylic acids is 1. The Morgan fingerprint density at radius 1 is 1.64 bits per heavy atom. The molecule has 4 heteroatoms. The summed E-state index contributed by atoms with van der Waals surface area (Å²) in [5.41, 5.74) is -0.182.